The van der Waals surface area contributed by atoms with Crippen LogP contribution in [0.3, 0.4) is 0 Å². The lowest BCUT2D eigenvalue weighted by Crippen LogP contribution is -2.24. The molecule has 0 aliphatic rings. The Kier molecular flexibility index (Phi) is 5.97. The molecule has 2 heterocycles. The molecule has 2 aromatic heterocycles. The Morgan fingerprint density at radius 3 is 2.67 bits per heavy atom. The van der Waals surface area contributed by atoms with Crippen molar-refractivity contribution in [2.24, 2.45) is 0 Å². The Labute approximate surface area is 159 Å². The van der Waals surface area contributed by atoms with Crippen molar-refractivity contribution in [3.05, 3.63) is 53.2 Å². The zero-order chi connectivity index (χ0) is 19.2. The van der Waals surface area contributed by atoms with Crippen molar-refractivity contribution in [1.29, 1.82) is 0 Å². The average Bonchev–Trinajstić information content (AvgIpc) is 3.37. The van der Waals surface area contributed by atoms with E-state index in [2.05, 4.69) is 10.1 Å². The van der Waals surface area contributed by atoms with Crippen molar-refractivity contribution in [3.63, 3.8) is 0 Å². The van der Waals surface area contributed by atoms with Crippen LogP contribution in [0.5, 0.6) is 5.75 Å². The molecule has 0 saturated heterocycles. The maximum absolute atomic E-state index is 12.3. The molecule has 3 aromatic rings. The van der Waals surface area contributed by atoms with Crippen molar-refractivity contribution in [1.82, 2.24) is 10.1 Å². The molecule has 8 heteroatoms. The maximum atomic E-state index is 12.3. The van der Waals surface area contributed by atoms with Crippen LogP contribution in [0.25, 0.3) is 10.7 Å². The molecule has 0 aliphatic carbocycles. The molecule has 1 aromatic carbocycles. The second-order valence-electron chi connectivity index (χ2n) is 5.71. The zero-order valence-electron chi connectivity index (χ0n) is 14.9. The molecule has 0 N–H and O–H groups in total. The fourth-order valence-corrected chi connectivity index (χ4v) is 3.02. The highest BCUT2D eigenvalue weighted by Crippen LogP contribution is 2.21. The summed E-state index contributed by atoms with van der Waals surface area (Å²) in [5.74, 6) is 0.725. The Bertz CT molecular complexity index is 903. The van der Waals surface area contributed by atoms with E-state index in [0.717, 1.165) is 4.88 Å². The Morgan fingerprint density at radius 2 is 2.00 bits per heavy atom. The number of methoxy groups -OCH3 is 1. The molecule has 0 amide bonds. The first-order valence-corrected chi connectivity index (χ1v) is 9.19. The minimum absolute atomic E-state index is 0.0479. The van der Waals surface area contributed by atoms with E-state index >= 15 is 0 Å². The highest BCUT2D eigenvalue weighted by atomic mass is 32.1. The highest BCUT2D eigenvalue weighted by molar-refractivity contribution is 7.13. The summed E-state index contributed by atoms with van der Waals surface area (Å²) in [6.45, 7) is 1.55. The number of thiophene rings is 1. The maximum Gasteiger partial charge on any atom is 0.307 e. The average molecular weight is 386 g/mol. The van der Waals surface area contributed by atoms with Crippen LogP contribution in [-0.2, 0) is 16.0 Å². The fraction of sp³-hybridized carbons (Fsp3) is 0.263. The number of benzene rings is 1. The number of ether oxygens (including phenoxy) is 2. The van der Waals surface area contributed by atoms with Gasteiger partial charge in [-0.25, -0.2) is 0 Å². The number of aryl methyl sites for hydroxylation is 1. The standard InChI is InChI=1S/C19H18N2O5S/c1-12(18(23)13-5-7-14(24-2)8-6-13)25-17(22)10-9-16-20-19(21-26-16)15-4-3-11-27-15/h3-8,11-12H,9-10H2,1-2H3. The Hall–Kier alpha value is -3.00. The molecular formula is C19H18N2O5S. The monoisotopic (exact) mass is 386 g/mol. The number of esters is 1. The number of Topliss-reactive ketones (excluding diaryl/α,β-unsaturated/α-hetero) is 1. The topological polar surface area (TPSA) is 91.5 Å². The number of rotatable bonds is 8. The summed E-state index contributed by atoms with van der Waals surface area (Å²) in [6, 6.07) is 10.4. The summed E-state index contributed by atoms with van der Waals surface area (Å²) >= 11 is 1.50. The van der Waals surface area contributed by atoms with Crippen molar-refractivity contribution in [2.45, 2.75) is 25.9 Å². The molecule has 0 aliphatic heterocycles. The van der Waals surface area contributed by atoms with Crippen LogP contribution in [0, 0.1) is 0 Å². The molecule has 0 saturated carbocycles. The van der Waals surface area contributed by atoms with E-state index in [1.54, 1.807) is 38.3 Å². The van der Waals surface area contributed by atoms with Gasteiger partial charge in [0.15, 0.2) is 6.10 Å². The zero-order valence-corrected chi connectivity index (χ0v) is 15.7. The third kappa shape index (κ3) is 4.79. The van der Waals surface area contributed by atoms with Gasteiger partial charge in [0, 0.05) is 12.0 Å². The first kappa shape index (κ1) is 18.8. The summed E-state index contributed by atoms with van der Waals surface area (Å²) in [4.78, 5) is 29.5. The first-order chi connectivity index (χ1) is 13.1. The van der Waals surface area contributed by atoms with Crippen LogP contribution in [-0.4, -0.2) is 35.1 Å². The normalized spacial score (nSPS) is 11.8. The number of hydrogen-bond acceptors (Lipinski definition) is 8. The number of hydrogen-bond donors (Lipinski definition) is 0. The summed E-state index contributed by atoms with van der Waals surface area (Å²) in [7, 11) is 1.55. The van der Waals surface area contributed by atoms with Crippen LogP contribution >= 0.6 is 11.3 Å². The Morgan fingerprint density at radius 1 is 1.22 bits per heavy atom. The van der Waals surface area contributed by atoms with Gasteiger partial charge in [0.25, 0.3) is 0 Å². The lowest BCUT2D eigenvalue weighted by Gasteiger charge is -2.12. The van der Waals surface area contributed by atoms with E-state index in [1.807, 2.05) is 17.5 Å². The second kappa shape index (κ2) is 8.59. The number of carbonyl (C=O) groups excluding carboxylic acids is 2. The van der Waals surface area contributed by atoms with E-state index in [4.69, 9.17) is 14.0 Å². The van der Waals surface area contributed by atoms with Crippen LogP contribution in [0.15, 0.2) is 46.3 Å². The number of carbonyl (C=O) groups is 2. The van der Waals surface area contributed by atoms with Crippen LogP contribution in [0.4, 0.5) is 0 Å². The third-order valence-electron chi connectivity index (χ3n) is 3.80. The van der Waals surface area contributed by atoms with Crippen molar-refractivity contribution in [3.8, 4) is 16.5 Å². The van der Waals surface area contributed by atoms with E-state index in [0.29, 0.717) is 23.0 Å². The minimum Gasteiger partial charge on any atom is -0.497 e. The van der Waals surface area contributed by atoms with E-state index in [-0.39, 0.29) is 18.6 Å². The minimum atomic E-state index is -0.879. The van der Waals surface area contributed by atoms with Gasteiger partial charge >= 0.3 is 5.97 Å². The predicted molar refractivity (Wildman–Crippen MR) is 98.8 cm³/mol. The molecule has 140 valence electrons. The number of ketones is 1. The molecule has 0 radical (unpaired) electrons. The Balaban J connectivity index is 1.50. The van der Waals surface area contributed by atoms with E-state index in [1.165, 1.54) is 11.3 Å². The van der Waals surface area contributed by atoms with Gasteiger partial charge in [0.1, 0.15) is 5.75 Å². The lowest BCUT2D eigenvalue weighted by atomic mass is 10.1. The van der Waals surface area contributed by atoms with Gasteiger partial charge in [0.05, 0.1) is 18.4 Å². The smallest absolute Gasteiger partial charge is 0.307 e. The highest BCUT2D eigenvalue weighted by Gasteiger charge is 2.20. The summed E-state index contributed by atoms with van der Waals surface area (Å²) < 4.78 is 15.4. The molecule has 3 rings (SSSR count). The molecule has 7 nitrogen and oxygen atoms in total. The van der Waals surface area contributed by atoms with Gasteiger partial charge < -0.3 is 14.0 Å². The number of nitrogens with zero attached hydrogens (tertiary/aromatic N) is 2. The van der Waals surface area contributed by atoms with Gasteiger partial charge in [-0.05, 0) is 42.6 Å². The second-order valence-corrected chi connectivity index (χ2v) is 6.66. The van der Waals surface area contributed by atoms with Crippen molar-refractivity contribution in [2.75, 3.05) is 7.11 Å². The van der Waals surface area contributed by atoms with Crippen LogP contribution in [0.1, 0.15) is 29.6 Å². The summed E-state index contributed by atoms with van der Waals surface area (Å²) in [6.07, 6.45) is -0.581. The van der Waals surface area contributed by atoms with Gasteiger partial charge in [-0.15, -0.1) is 11.3 Å². The first-order valence-electron chi connectivity index (χ1n) is 8.31. The fourth-order valence-electron chi connectivity index (χ4n) is 2.37. The molecule has 1 unspecified atom stereocenters. The van der Waals surface area contributed by atoms with Gasteiger partial charge in [0.2, 0.25) is 17.5 Å². The molecule has 0 fully saturated rings. The quantitative estimate of drug-likeness (QED) is 0.432. The molecule has 0 spiro atoms. The van der Waals surface area contributed by atoms with Gasteiger partial charge in [-0.3, -0.25) is 9.59 Å². The van der Waals surface area contributed by atoms with Crippen LogP contribution < -0.4 is 4.74 Å². The van der Waals surface area contributed by atoms with Gasteiger partial charge in [-0.1, -0.05) is 11.2 Å². The van der Waals surface area contributed by atoms with Crippen molar-refractivity contribution >= 4 is 23.1 Å². The summed E-state index contributed by atoms with van der Waals surface area (Å²) in [5, 5.41) is 5.81. The third-order valence-corrected chi connectivity index (χ3v) is 4.67. The molecule has 0 bridgehead atoms. The summed E-state index contributed by atoms with van der Waals surface area (Å²) in [5.41, 5.74) is 0.452. The molecule has 1 atom stereocenters. The van der Waals surface area contributed by atoms with E-state index in [9.17, 15) is 9.59 Å². The number of aromatic nitrogens is 2. The SMILES string of the molecule is COc1ccc(C(=O)C(C)OC(=O)CCc2nc(-c3cccs3)no2)cc1. The molecular weight excluding hydrogens is 368 g/mol. The molecule has 27 heavy (non-hydrogen) atoms. The van der Waals surface area contributed by atoms with Crippen molar-refractivity contribution < 1.29 is 23.6 Å². The van der Waals surface area contributed by atoms with Crippen LogP contribution in [0.2, 0.25) is 0 Å². The van der Waals surface area contributed by atoms with Gasteiger partial charge in [-0.2, -0.15) is 4.98 Å². The van der Waals surface area contributed by atoms with E-state index < -0.39 is 12.1 Å². The predicted octanol–water partition coefficient (Wildman–Crippen LogP) is 3.55. The largest absolute Gasteiger partial charge is 0.497 e. The lowest BCUT2D eigenvalue weighted by molar-refractivity contribution is -0.146.